The molecule has 1 aliphatic heterocycles. The second-order valence-corrected chi connectivity index (χ2v) is 6.28. The number of hydrogen-bond acceptors (Lipinski definition) is 2. The lowest BCUT2D eigenvalue weighted by atomic mass is 10.1. The zero-order valence-corrected chi connectivity index (χ0v) is 12.8. The first kappa shape index (κ1) is 14.4. The number of rotatable bonds is 4. The van der Waals surface area contributed by atoms with Crippen molar-refractivity contribution in [3.63, 3.8) is 0 Å². The van der Waals surface area contributed by atoms with Crippen LogP contribution < -0.4 is 5.32 Å². The average Bonchev–Trinajstić information content (AvgIpc) is 3.12. The van der Waals surface area contributed by atoms with E-state index in [1.165, 1.54) is 5.56 Å². The Morgan fingerprint density at radius 3 is 2.95 bits per heavy atom. The molecule has 1 aliphatic carbocycles. The van der Waals surface area contributed by atoms with E-state index in [4.69, 9.17) is 11.6 Å². The molecule has 3 rings (SSSR count). The zero-order valence-electron chi connectivity index (χ0n) is 12.0. The van der Waals surface area contributed by atoms with Gasteiger partial charge in [0.1, 0.15) is 0 Å². The van der Waals surface area contributed by atoms with Gasteiger partial charge in [-0.15, -0.1) is 0 Å². The highest BCUT2D eigenvalue weighted by atomic mass is 35.5. The molecule has 0 spiro atoms. The van der Waals surface area contributed by atoms with Crippen LogP contribution >= 0.6 is 11.6 Å². The number of nitrogens with zero attached hydrogens (tertiary/aromatic N) is 1. The molecule has 1 aromatic rings. The Morgan fingerprint density at radius 2 is 2.29 bits per heavy atom. The summed E-state index contributed by atoms with van der Waals surface area (Å²) in [5, 5.41) is 3.79. The van der Waals surface area contributed by atoms with Gasteiger partial charge in [-0.05, 0) is 31.0 Å². The third kappa shape index (κ3) is 3.05. The second-order valence-electron chi connectivity index (χ2n) is 5.85. The molecular weight excluding hydrogens is 288 g/mol. The summed E-state index contributed by atoms with van der Waals surface area (Å²) in [7, 11) is 0. The van der Waals surface area contributed by atoms with Crippen LogP contribution in [0.4, 0.5) is 0 Å². The highest BCUT2D eigenvalue weighted by Gasteiger charge is 2.42. The smallest absolute Gasteiger partial charge is 0.225 e. The number of carbonyl (C=O) groups is 2. The third-order valence-electron chi connectivity index (χ3n) is 4.36. The minimum Gasteiger partial charge on any atom is -0.352 e. The predicted octanol–water partition coefficient (Wildman–Crippen LogP) is 2.18. The van der Waals surface area contributed by atoms with E-state index in [9.17, 15) is 9.59 Å². The van der Waals surface area contributed by atoms with E-state index in [-0.39, 0.29) is 23.8 Å². The zero-order chi connectivity index (χ0) is 15.0. The molecule has 1 saturated heterocycles. The van der Waals surface area contributed by atoms with Gasteiger partial charge in [-0.2, -0.15) is 0 Å². The highest BCUT2D eigenvalue weighted by Crippen LogP contribution is 2.41. The number of likely N-dealkylation sites (tertiary alicyclic amines) is 1. The molecule has 4 nitrogen and oxygen atoms in total. The first-order chi connectivity index (χ1) is 10.1. The molecule has 112 valence electrons. The molecule has 2 fully saturated rings. The molecule has 2 aliphatic rings. The Kier molecular flexibility index (Phi) is 3.89. The van der Waals surface area contributed by atoms with Crippen molar-refractivity contribution in [1.29, 1.82) is 0 Å². The minimum absolute atomic E-state index is 0.00817. The van der Waals surface area contributed by atoms with Gasteiger partial charge in [0.25, 0.3) is 0 Å². The molecule has 0 bridgehead atoms. The topological polar surface area (TPSA) is 49.4 Å². The molecule has 1 unspecified atom stereocenters. The molecule has 2 amide bonds. The van der Waals surface area contributed by atoms with Gasteiger partial charge in [-0.25, -0.2) is 0 Å². The summed E-state index contributed by atoms with van der Waals surface area (Å²) < 4.78 is 0. The summed E-state index contributed by atoms with van der Waals surface area (Å²) >= 11 is 5.99. The number of carbonyl (C=O) groups excluding carboxylic acids is 2. The van der Waals surface area contributed by atoms with Crippen LogP contribution in [0.3, 0.4) is 0 Å². The molecule has 1 N–H and O–H groups in total. The monoisotopic (exact) mass is 306 g/mol. The van der Waals surface area contributed by atoms with Crippen molar-refractivity contribution >= 4 is 23.4 Å². The van der Waals surface area contributed by atoms with Crippen molar-refractivity contribution in [2.24, 2.45) is 5.92 Å². The molecule has 5 heteroatoms. The Hall–Kier alpha value is -1.55. The van der Waals surface area contributed by atoms with Crippen molar-refractivity contribution in [3.8, 4) is 0 Å². The van der Waals surface area contributed by atoms with Crippen molar-refractivity contribution in [2.45, 2.75) is 31.7 Å². The maximum atomic E-state index is 12.2. The summed E-state index contributed by atoms with van der Waals surface area (Å²) in [6, 6.07) is 7.96. The van der Waals surface area contributed by atoms with Crippen LogP contribution in [0, 0.1) is 5.92 Å². The second kappa shape index (κ2) is 5.68. The van der Waals surface area contributed by atoms with Crippen LogP contribution in [0.1, 0.15) is 31.2 Å². The standard InChI is InChI=1S/C16H19ClN2O2/c1-2-19-9-11(7-15(19)20)16(21)18-14-8-13(14)10-4-3-5-12(17)6-10/h3-6,11,13-14H,2,7-9H2,1H3,(H,18,21)/t11?,13-,14+/m0/s1. The van der Waals surface area contributed by atoms with Crippen molar-refractivity contribution in [2.75, 3.05) is 13.1 Å². The lowest BCUT2D eigenvalue weighted by Crippen LogP contribution is -2.34. The van der Waals surface area contributed by atoms with E-state index >= 15 is 0 Å². The number of nitrogens with one attached hydrogen (secondary N) is 1. The molecule has 3 atom stereocenters. The van der Waals surface area contributed by atoms with Crippen molar-refractivity contribution < 1.29 is 9.59 Å². The van der Waals surface area contributed by atoms with Crippen LogP contribution in [-0.2, 0) is 9.59 Å². The van der Waals surface area contributed by atoms with E-state index in [0.717, 1.165) is 11.4 Å². The van der Waals surface area contributed by atoms with Gasteiger partial charge in [0.15, 0.2) is 0 Å². The quantitative estimate of drug-likeness (QED) is 0.927. The normalized spacial score (nSPS) is 27.8. The maximum Gasteiger partial charge on any atom is 0.225 e. The fraction of sp³-hybridized carbons (Fsp3) is 0.500. The van der Waals surface area contributed by atoms with E-state index in [1.807, 2.05) is 31.2 Å². The van der Waals surface area contributed by atoms with Gasteiger partial charge in [0.05, 0.1) is 5.92 Å². The van der Waals surface area contributed by atoms with Gasteiger partial charge in [-0.1, -0.05) is 23.7 Å². The first-order valence-corrected chi connectivity index (χ1v) is 7.80. The Bertz CT molecular complexity index is 575. The predicted molar refractivity (Wildman–Crippen MR) is 81.1 cm³/mol. The Balaban J connectivity index is 1.55. The summed E-state index contributed by atoms with van der Waals surface area (Å²) in [6.45, 7) is 3.17. The fourth-order valence-corrected chi connectivity index (χ4v) is 3.21. The number of hydrogen-bond donors (Lipinski definition) is 1. The fourth-order valence-electron chi connectivity index (χ4n) is 3.01. The first-order valence-electron chi connectivity index (χ1n) is 7.42. The van der Waals surface area contributed by atoms with E-state index < -0.39 is 0 Å². The summed E-state index contributed by atoms with van der Waals surface area (Å²) in [6.07, 6.45) is 1.29. The molecule has 0 radical (unpaired) electrons. The van der Waals surface area contributed by atoms with Crippen molar-refractivity contribution in [3.05, 3.63) is 34.9 Å². The molecule has 0 aromatic heterocycles. The summed E-state index contributed by atoms with van der Waals surface area (Å²) in [5.74, 6) is 0.249. The Labute approximate surface area is 129 Å². The molecular formula is C16H19ClN2O2. The van der Waals surface area contributed by atoms with Gasteiger partial charge >= 0.3 is 0 Å². The average molecular weight is 307 g/mol. The van der Waals surface area contributed by atoms with Gasteiger partial charge in [-0.3, -0.25) is 9.59 Å². The minimum atomic E-state index is -0.196. The van der Waals surface area contributed by atoms with Gasteiger partial charge in [0.2, 0.25) is 11.8 Å². The van der Waals surface area contributed by atoms with E-state index in [0.29, 0.717) is 25.4 Å². The van der Waals surface area contributed by atoms with Gasteiger partial charge < -0.3 is 10.2 Å². The van der Waals surface area contributed by atoms with E-state index in [1.54, 1.807) is 4.90 Å². The number of halogens is 1. The Morgan fingerprint density at radius 1 is 1.48 bits per heavy atom. The molecule has 21 heavy (non-hydrogen) atoms. The largest absolute Gasteiger partial charge is 0.352 e. The van der Waals surface area contributed by atoms with Crippen LogP contribution in [0.15, 0.2) is 24.3 Å². The maximum absolute atomic E-state index is 12.2. The van der Waals surface area contributed by atoms with Crippen LogP contribution in [0.25, 0.3) is 0 Å². The van der Waals surface area contributed by atoms with E-state index in [2.05, 4.69) is 5.32 Å². The third-order valence-corrected chi connectivity index (χ3v) is 4.60. The number of benzene rings is 1. The van der Waals surface area contributed by atoms with Crippen LogP contribution in [0.2, 0.25) is 5.02 Å². The highest BCUT2D eigenvalue weighted by molar-refractivity contribution is 6.30. The SMILES string of the molecule is CCN1CC(C(=O)N[C@@H]2C[C@H]2c2cccc(Cl)c2)CC1=O. The summed E-state index contributed by atoms with van der Waals surface area (Å²) in [5.41, 5.74) is 1.17. The van der Waals surface area contributed by atoms with Gasteiger partial charge in [0, 0.05) is 36.5 Å². The van der Waals surface area contributed by atoms with Crippen LogP contribution in [-0.4, -0.2) is 35.8 Å². The molecule has 1 saturated carbocycles. The lowest BCUT2D eigenvalue weighted by molar-refractivity contribution is -0.128. The van der Waals surface area contributed by atoms with Crippen LogP contribution in [0.5, 0.6) is 0 Å². The molecule has 1 heterocycles. The lowest BCUT2D eigenvalue weighted by Gasteiger charge is -2.13. The number of amides is 2. The van der Waals surface area contributed by atoms with Crippen molar-refractivity contribution in [1.82, 2.24) is 10.2 Å². The summed E-state index contributed by atoms with van der Waals surface area (Å²) in [4.78, 5) is 25.6. The molecule has 1 aromatic carbocycles.